The number of fused-ring (bicyclic) bond motifs is 1. The maximum Gasteiger partial charge on any atom is 0.154 e. The molecule has 0 amide bonds. The Balaban J connectivity index is 1.46. The predicted molar refractivity (Wildman–Crippen MR) is 129 cm³/mol. The van der Waals surface area contributed by atoms with Gasteiger partial charge in [0.2, 0.25) is 0 Å². The van der Waals surface area contributed by atoms with E-state index in [1.807, 2.05) is 10.6 Å². The van der Waals surface area contributed by atoms with E-state index in [-0.39, 0.29) is 5.82 Å². The highest BCUT2D eigenvalue weighted by Crippen LogP contribution is 2.26. The van der Waals surface area contributed by atoms with E-state index in [2.05, 4.69) is 34.7 Å². The van der Waals surface area contributed by atoms with Crippen LogP contribution in [0.3, 0.4) is 0 Å². The number of nitrogens with one attached hydrogen (secondary N) is 2. The first-order valence-corrected chi connectivity index (χ1v) is 11.7. The smallest absolute Gasteiger partial charge is 0.154 e. The Morgan fingerprint density at radius 2 is 1.88 bits per heavy atom. The molecule has 4 aromatic rings. The van der Waals surface area contributed by atoms with Gasteiger partial charge < -0.3 is 10.6 Å². The lowest BCUT2D eigenvalue weighted by Crippen LogP contribution is -2.27. The van der Waals surface area contributed by atoms with Crippen molar-refractivity contribution in [3.63, 3.8) is 0 Å². The van der Waals surface area contributed by atoms with Gasteiger partial charge in [0.25, 0.3) is 0 Å². The van der Waals surface area contributed by atoms with Crippen LogP contribution in [0.15, 0.2) is 48.5 Å². The molecular weight excluding hydrogens is 429 g/mol. The molecule has 34 heavy (non-hydrogen) atoms. The van der Waals surface area contributed by atoms with Crippen LogP contribution in [0.25, 0.3) is 16.9 Å². The largest absolute Gasteiger partial charge is 0.363 e. The molecule has 0 spiro atoms. The zero-order chi connectivity index (χ0) is 23.5. The van der Waals surface area contributed by atoms with Crippen LogP contribution in [0, 0.1) is 17.1 Å². The summed E-state index contributed by atoms with van der Waals surface area (Å²) in [4.78, 5) is 9.43. The van der Waals surface area contributed by atoms with Gasteiger partial charge in [0.15, 0.2) is 5.65 Å². The molecule has 0 atom stereocenters. The lowest BCUT2D eigenvalue weighted by Gasteiger charge is -2.22. The number of aryl methyl sites for hydroxylation is 1. The minimum atomic E-state index is -0.299. The number of piperidine rings is 1. The lowest BCUT2D eigenvalue weighted by atomic mass is 9.94. The van der Waals surface area contributed by atoms with Crippen LogP contribution >= 0.6 is 0 Å². The average Bonchev–Trinajstić information content (AvgIpc) is 3.25. The quantitative estimate of drug-likeness (QED) is 0.447. The third-order valence-electron chi connectivity index (χ3n) is 6.35. The molecule has 7 nitrogen and oxygen atoms in total. The van der Waals surface area contributed by atoms with Crippen molar-refractivity contribution in [1.82, 2.24) is 24.9 Å². The van der Waals surface area contributed by atoms with Crippen LogP contribution < -0.4 is 10.6 Å². The first-order chi connectivity index (χ1) is 16.7. The zero-order valence-electron chi connectivity index (χ0n) is 19.1. The van der Waals surface area contributed by atoms with Crippen molar-refractivity contribution >= 4 is 11.5 Å². The molecule has 1 aliphatic rings. The van der Waals surface area contributed by atoms with Crippen molar-refractivity contribution < 1.29 is 4.39 Å². The summed E-state index contributed by atoms with van der Waals surface area (Å²) in [6.07, 6.45) is 2.93. The molecule has 3 aromatic heterocycles. The molecule has 1 saturated heterocycles. The number of aromatic nitrogens is 4. The molecule has 4 heterocycles. The first-order valence-electron chi connectivity index (χ1n) is 11.7. The summed E-state index contributed by atoms with van der Waals surface area (Å²) in [7, 11) is 0. The van der Waals surface area contributed by atoms with E-state index in [0.29, 0.717) is 29.5 Å². The number of nitriles is 1. The van der Waals surface area contributed by atoms with Crippen LogP contribution in [0.1, 0.15) is 48.3 Å². The molecule has 5 rings (SSSR count). The zero-order valence-corrected chi connectivity index (χ0v) is 19.1. The molecule has 0 aliphatic carbocycles. The third kappa shape index (κ3) is 4.35. The number of benzene rings is 1. The summed E-state index contributed by atoms with van der Waals surface area (Å²) < 4.78 is 15.3. The molecule has 1 fully saturated rings. The fraction of sp³-hybridized carbons (Fsp3) is 0.308. The third-order valence-corrected chi connectivity index (χ3v) is 6.35. The number of hydrogen-bond donors (Lipinski definition) is 2. The molecule has 0 bridgehead atoms. The fourth-order valence-electron chi connectivity index (χ4n) is 4.47. The molecule has 0 saturated carbocycles. The van der Waals surface area contributed by atoms with Gasteiger partial charge in [-0.25, -0.2) is 18.9 Å². The van der Waals surface area contributed by atoms with Gasteiger partial charge >= 0.3 is 0 Å². The SMILES string of the molecule is CCc1nc2ccc(C3CCNCC3)nn2c1CNc1nc(-c2ccc(F)cc2)ccc1C#N. The fourth-order valence-corrected chi connectivity index (χ4v) is 4.47. The van der Waals surface area contributed by atoms with E-state index in [9.17, 15) is 9.65 Å². The van der Waals surface area contributed by atoms with Crippen molar-refractivity contribution in [2.24, 2.45) is 0 Å². The number of anilines is 1. The topological polar surface area (TPSA) is 90.9 Å². The van der Waals surface area contributed by atoms with E-state index < -0.39 is 0 Å². The van der Waals surface area contributed by atoms with Crippen LogP contribution in [-0.2, 0) is 13.0 Å². The van der Waals surface area contributed by atoms with Crippen molar-refractivity contribution in [3.05, 3.63) is 77.0 Å². The van der Waals surface area contributed by atoms with E-state index in [1.54, 1.807) is 24.3 Å². The minimum Gasteiger partial charge on any atom is -0.363 e. The minimum absolute atomic E-state index is 0.299. The second-order valence-corrected chi connectivity index (χ2v) is 8.48. The number of rotatable bonds is 6. The molecule has 0 unspecified atom stereocenters. The maximum absolute atomic E-state index is 13.3. The van der Waals surface area contributed by atoms with Crippen LogP contribution in [0.4, 0.5) is 10.2 Å². The van der Waals surface area contributed by atoms with Crippen LogP contribution in [0.5, 0.6) is 0 Å². The molecule has 2 N–H and O–H groups in total. The standard InChI is InChI=1S/C26H26FN7/c1-2-21-24(34-25(31-21)10-9-23(33-34)18-11-13-29-14-12-18)16-30-26-19(15-28)5-8-22(32-26)17-3-6-20(27)7-4-17/h3-10,18,29H,2,11-14,16H2,1H3,(H,30,32). The highest BCUT2D eigenvalue weighted by molar-refractivity contribution is 5.64. The molecule has 172 valence electrons. The lowest BCUT2D eigenvalue weighted by molar-refractivity contribution is 0.449. The second kappa shape index (κ2) is 9.57. The first kappa shape index (κ1) is 22.0. The predicted octanol–water partition coefficient (Wildman–Crippen LogP) is 4.44. The Morgan fingerprint density at radius 3 is 2.62 bits per heavy atom. The molecule has 0 radical (unpaired) electrons. The number of halogens is 1. The second-order valence-electron chi connectivity index (χ2n) is 8.48. The van der Waals surface area contributed by atoms with Gasteiger partial charge in [-0.05, 0) is 80.9 Å². The van der Waals surface area contributed by atoms with E-state index in [0.717, 1.165) is 60.6 Å². The molecule has 1 aromatic carbocycles. The number of imidazole rings is 1. The summed E-state index contributed by atoms with van der Waals surface area (Å²) >= 11 is 0. The summed E-state index contributed by atoms with van der Waals surface area (Å²) in [6.45, 7) is 4.53. The van der Waals surface area contributed by atoms with E-state index >= 15 is 0 Å². The van der Waals surface area contributed by atoms with E-state index in [4.69, 9.17) is 10.1 Å². The summed E-state index contributed by atoms with van der Waals surface area (Å²) in [5, 5.41) is 21.3. The van der Waals surface area contributed by atoms with Gasteiger partial charge in [0.05, 0.1) is 34.9 Å². The van der Waals surface area contributed by atoms with Crippen molar-refractivity contribution in [1.29, 1.82) is 5.26 Å². The van der Waals surface area contributed by atoms with Gasteiger partial charge in [-0.3, -0.25) is 0 Å². The number of nitrogens with zero attached hydrogens (tertiary/aromatic N) is 5. The summed E-state index contributed by atoms with van der Waals surface area (Å²) in [5.41, 5.74) is 5.74. The number of hydrogen-bond acceptors (Lipinski definition) is 6. The van der Waals surface area contributed by atoms with Crippen LogP contribution in [-0.4, -0.2) is 32.7 Å². The van der Waals surface area contributed by atoms with Crippen LogP contribution in [0.2, 0.25) is 0 Å². The van der Waals surface area contributed by atoms with Crippen molar-refractivity contribution in [2.75, 3.05) is 18.4 Å². The highest BCUT2D eigenvalue weighted by atomic mass is 19.1. The Hall–Kier alpha value is -3.83. The molecule has 1 aliphatic heterocycles. The maximum atomic E-state index is 13.3. The van der Waals surface area contributed by atoms with Crippen molar-refractivity contribution in [2.45, 2.75) is 38.6 Å². The number of pyridine rings is 1. The van der Waals surface area contributed by atoms with Gasteiger partial charge in [-0.15, -0.1) is 0 Å². The Bertz CT molecular complexity index is 1350. The monoisotopic (exact) mass is 455 g/mol. The summed E-state index contributed by atoms with van der Waals surface area (Å²) in [5.74, 6) is 0.626. The van der Waals surface area contributed by atoms with Crippen molar-refractivity contribution in [3.8, 4) is 17.3 Å². The van der Waals surface area contributed by atoms with E-state index in [1.165, 1.54) is 12.1 Å². The Labute approximate surface area is 197 Å². The van der Waals surface area contributed by atoms with Gasteiger partial charge in [-0.1, -0.05) is 6.92 Å². The Morgan fingerprint density at radius 1 is 1.09 bits per heavy atom. The van der Waals surface area contributed by atoms with Gasteiger partial charge in [-0.2, -0.15) is 10.4 Å². The molecule has 8 heteroatoms. The highest BCUT2D eigenvalue weighted by Gasteiger charge is 2.19. The van der Waals surface area contributed by atoms with Gasteiger partial charge in [0, 0.05) is 11.5 Å². The average molecular weight is 456 g/mol. The van der Waals surface area contributed by atoms with Gasteiger partial charge in [0.1, 0.15) is 17.7 Å². The normalized spacial score (nSPS) is 14.3. The Kier molecular flexibility index (Phi) is 6.19. The summed E-state index contributed by atoms with van der Waals surface area (Å²) in [6, 6.07) is 16.0. The molecular formula is C26H26FN7.